The first-order valence-electron chi connectivity index (χ1n) is 6.20. The molecule has 0 bridgehead atoms. The van der Waals surface area contributed by atoms with Gasteiger partial charge in [-0.1, -0.05) is 24.3 Å². The first-order valence-corrected chi connectivity index (χ1v) is 6.99. The molecule has 0 aliphatic carbocycles. The van der Waals surface area contributed by atoms with Gasteiger partial charge in [-0.15, -0.1) is 0 Å². The fourth-order valence-corrected chi connectivity index (χ4v) is 2.39. The Bertz CT molecular complexity index is 649. The summed E-state index contributed by atoms with van der Waals surface area (Å²) in [7, 11) is 1.64. The molecule has 0 atom stereocenters. The van der Waals surface area contributed by atoms with Crippen molar-refractivity contribution in [2.45, 2.75) is 13.2 Å². The van der Waals surface area contributed by atoms with Crippen LogP contribution >= 0.6 is 15.9 Å². The third kappa shape index (κ3) is 3.99. The molecule has 2 rings (SSSR count). The molecule has 21 heavy (non-hydrogen) atoms. The molecule has 0 saturated carbocycles. The summed E-state index contributed by atoms with van der Waals surface area (Å²) in [6, 6.07) is 7.85. The van der Waals surface area contributed by atoms with Gasteiger partial charge in [-0.25, -0.2) is 0 Å². The van der Waals surface area contributed by atoms with Gasteiger partial charge in [0.2, 0.25) is 0 Å². The number of nitrogens with one attached hydrogen (secondary N) is 1. The van der Waals surface area contributed by atoms with Crippen LogP contribution in [-0.4, -0.2) is 17.0 Å². The van der Waals surface area contributed by atoms with E-state index < -0.39 is 4.92 Å². The molecule has 0 radical (unpaired) electrons. The molecule has 0 spiro atoms. The second-order valence-electron chi connectivity index (χ2n) is 4.38. The van der Waals surface area contributed by atoms with E-state index in [9.17, 15) is 10.1 Å². The van der Waals surface area contributed by atoms with E-state index >= 15 is 0 Å². The highest BCUT2D eigenvalue weighted by Crippen LogP contribution is 2.31. The van der Waals surface area contributed by atoms with Crippen LogP contribution in [0.25, 0.3) is 0 Å². The molecule has 0 aliphatic rings. The molecule has 6 nitrogen and oxygen atoms in total. The summed E-state index contributed by atoms with van der Waals surface area (Å²) in [5.74, 6) is 0. The molecule has 1 N–H and O–H groups in total. The van der Waals surface area contributed by atoms with E-state index in [0.717, 1.165) is 11.1 Å². The van der Waals surface area contributed by atoms with Crippen LogP contribution in [0.3, 0.4) is 0 Å². The Morgan fingerprint density at radius 1 is 1.38 bits per heavy atom. The van der Waals surface area contributed by atoms with E-state index in [1.165, 1.54) is 12.4 Å². The number of ether oxygens (including phenoxy) is 1. The number of nitro groups is 1. The molecule has 0 unspecified atom stereocenters. The molecular weight excluding hydrogens is 338 g/mol. The van der Waals surface area contributed by atoms with Crippen LogP contribution in [0.5, 0.6) is 0 Å². The predicted molar refractivity (Wildman–Crippen MR) is 83.1 cm³/mol. The normalized spacial score (nSPS) is 10.4. The lowest BCUT2D eigenvalue weighted by molar-refractivity contribution is -0.384. The lowest BCUT2D eigenvalue weighted by Gasteiger charge is -2.09. The van der Waals surface area contributed by atoms with Crippen molar-refractivity contribution in [1.82, 2.24) is 4.98 Å². The van der Waals surface area contributed by atoms with E-state index in [-0.39, 0.29) is 5.69 Å². The molecule has 0 aliphatic heterocycles. The molecular formula is C14H14BrN3O3. The van der Waals surface area contributed by atoms with E-state index in [0.29, 0.717) is 23.3 Å². The van der Waals surface area contributed by atoms with Crippen molar-refractivity contribution in [3.8, 4) is 0 Å². The number of methoxy groups -OCH3 is 1. The van der Waals surface area contributed by atoms with Gasteiger partial charge < -0.3 is 10.1 Å². The van der Waals surface area contributed by atoms with Crippen LogP contribution in [0.2, 0.25) is 0 Å². The SMILES string of the molecule is COCc1cccc(CNc2c(Br)cncc2[N+](=O)[O-])c1. The van der Waals surface area contributed by atoms with Gasteiger partial charge >= 0.3 is 5.69 Å². The maximum absolute atomic E-state index is 11.0. The topological polar surface area (TPSA) is 77.3 Å². The third-order valence-electron chi connectivity index (χ3n) is 2.85. The average Bonchev–Trinajstić information content (AvgIpc) is 2.46. The molecule has 0 amide bonds. The Labute approximate surface area is 130 Å². The summed E-state index contributed by atoms with van der Waals surface area (Å²) in [5.41, 5.74) is 2.44. The van der Waals surface area contributed by atoms with Crippen molar-refractivity contribution in [1.29, 1.82) is 0 Å². The molecule has 1 aromatic heterocycles. The lowest BCUT2D eigenvalue weighted by Crippen LogP contribution is -2.04. The summed E-state index contributed by atoms with van der Waals surface area (Å²) in [6.07, 6.45) is 2.76. The minimum atomic E-state index is -0.457. The fraction of sp³-hybridized carbons (Fsp3) is 0.214. The molecule has 2 aromatic rings. The first kappa shape index (κ1) is 15.4. The zero-order valence-corrected chi connectivity index (χ0v) is 13.0. The highest BCUT2D eigenvalue weighted by atomic mass is 79.9. The van der Waals surface area contributed by atoms with E-state index in [4.69, 9.17) is 4.74 Å². The summed E-state index contributed by atoms with van der Waals surface area (Å²) >= 11 is 3.28. The zero-order valence-electron chi connectivity index (χ0n) is 11.4. The molecule has 110 valence electrons. The van der Waals surface area contributed by atoms with E-state index in [2.05, 4.69) is 26.2 Å². The molecule has 0 fully saturated rings. The van der Waals surface area contributed by atoms with E-state index in [1.54, 1.807) is 7.11 Å². The number of anilines is 1. The summed E-state index contributed by atoms with van der Waals surface area (Å²) in [5, 5.41) is 14.1. The number of aromatic nitrogens is 1. The highest BCUT2D eigenvalue weighted by molar-refractivity contribution is 9.10. The lowest BCUT2D eigenvalue weighted by atomic mass is 10.1. The fourth-order valence-electron chi connectivity index (χ4n) is 1.92. The van der Waals surface area contributed by atoms with Gasteiger partial charge in [0.1, 0.15) is 11.9 Å². The maximum Gasteiger partial charge on any atom is 0.311 e. The Hall–Kier alpha value is -1.99. The number of halogens is 1. The monoisotopic (exact) mass is 351 g/mol. The standard InChI is InChI=1S/C14H14BrN3O3/c1-21-9-11-4-2-3-10(5-11)6-17-14-12(15)7-16-8-13(14)18(19)20/h2-5,7-8H,6,9H2,1H3,(H,16,17). The minimum Gasteiger partial charge on any atom is -0.380 e. The largest absolute Gasteiger partial charge is 0.380 e. The molecule has 1 aromatic carbocycles. The van der Waals surface area contributed by atoms with Gasteiger partial charge in [-0.3, -0.25) is 15.1 Å². The Morgan fingerprint density at radius 2 is 2.14 bits per heavy atom. The van der Waals surface area contributed by atoms with Crippen molar-refractivity contribution in [2.24, 2.45) is 0 Å². The van der Waals surface area contributed by atoms with Gasteiger partial charge in [0, 0.05) is 19.9 Å². The van der Waals surface area contributed by atoms with Gasteiger partial charge in [0.25, 0.3) is 0 Å². The van der Waals surface area contributed by atoms with Crippen LogP contribution in [0.1, 0.15) is 11.1 Å². The van der Waals surface area contributed by atoms with Crippen molar-refractivity contribution in [3.05, 3.63) is 62.4 Å². The Morgan fingerprint density at radius 3 is 2.86 bits per heavy atom. The smallest absolute Gasteiger partial charge is 0.311 e. The number of hydrogen-bond acceptors (Lipinski definition) is 5. The van der Waals surface area contributed by atoms with Gasteiger partial charge in [-0.2, -0.15) is 0 Å². The molecule has 7 heteroatoms. The number of benzene rings is 1. The first-order chi connectivity index (χ1) is 10.1. The van der Waals surface area contributed by atoms with Gasteiger partial charge in [-0.05, 0) is 27.1 Å². The van der Waals surface area contributed by atoms with E-state index in [1.807, 2.05) is 24.3 Å². The summed E-state index contributed by atoms with van der Waals surface area (Å²) in [4.78, 5) is 14.4. The average molecular weight is 352 g/mol. The minimum absolute atomic E-state index is 0.0579. The summed E-state index contributed by atoms with van der Waals surface area (Å²) in [6.45, 7) is 1.01. The molecule has 1 heterocycles. The van der Waals surface area contributed by atoms with Crippen LogP contribution in [0.4, 0.5) is 11.4 Å². The highest BCUT2D eigenvalue weighted by Gasteiger charge is 2.16. The van der Waals surface area contributed by atoms with Crippen LogP contribution < -0.4 is 5.32 Å². The van der Waals surface area contributed by atoms with Gasteiger partial charge in [0.05, 0.1) is 16.0 Å². The quantitative estimate of drug-likeness (QED) is 0.636. The van der Waals surface area contributed by atoms with Crippen LogP contribution in [-0.2, 0) is 17.9 Å². The van der Waals surface area contributed by atoms with Crippen LogP contribution in [0, 0.1) is 10.1 Å². The second kappa shape index (κ2) is 7.14. The number of rotatable bonds is 6. The Kier molecular flexibility index (Phi) is 5.24. The van der Waals surface area contributed by atoms with Crippen molar-refractivity contribution < 1.29 is 9.66 Å². The number of nitrogens with zero attached hydrogens (tertiary/aromatic N) is 2. The van der Waals surface area contributed by atoms with Crippen molar-refractivity contribution in [3.63, 3.8) is 0 Å². The molecule has 0 saturated heterocycles. The van der Waals surface area contributed by atoms with Crippen molar-refractivity contribution in [2.75, 3.05) is 12.4 Å². The third-order valence-corrected chi connectivity index (χ3v) is 3.45. The maximum atomic E-state index is 11.0. The second-order valence-corrected chi connectivity index (χ2v) is 5.23. The summed E-state index contributed by atoms with van der Waals surface area (Å²) < 4.78 is 5.65. The number of pyridine rings is 1. The zero-order chi connectivity index (χ0) is 15.2. The van der Waals surface area contributed by atoms with Crippen LogP contribution in [0.15, 0.2) is 41.1 Å². The number of hydrogen-bond donors (Lipinski definition) is 1. The van der Waals surface area contributed by atoms with Crippen molar-refractivity contribution >= 4 is 27.3 Å². The Balaban J connectivity index is 2.16. The van der Waals surface area contributed by atoms with Gasteiger partial charge in [0.15, 0.2) is 0 Å². The predicted octanol–water partition coefficient (Wildman–Crippen LogP) is 3.51.